The van der Waals surface area contributed by atoms with Crippen LogP contribution in [0, 0.1) is 0 Å². The van der Waals surface area contributed by atoms with Gasteiger partial charge in [0.05, 0.1) is 11.0 Å². The van der Waals surface area contributed by atoms with Gasteiger partial charge in [0, 0.05) is 22.8 Å². The van der Waals surface area contributed by atoms with Gasteiger partial charge in [0.2, 0.25) is 0 Å². The fourth-order valence-electron chi connectivity index (χ4n) is 3.43. The summed E-state index contributed by atoms with van der Waals surface area (Å²) in [5, 5.41) is 4.52. The highest BCUT2D eigenvalue weighted by molar-refractivity contribution is 6.13. The highest BCUT2D eigenvalue weighted by Gasteiger charge is 2.15. The van der Waals surface area contributed by atoms with Crippen LogP contribution in [0.25, 0.3) is 38.7 Å². The molecule has 0 saturated heterocycles. The zero-order valence-corrected chi connectivity index (χ0v) is 12.4. The fourth-order valence-corrected chi connectivity index (χ4v) is 3.43. The number of carbonyl (C=O) groups is 1. The minimum Gasteiger partial charge on any atom is -0.294 e. The molecule has 2 heteroatoms. The molecule has 0 amide bonds. The van der Waals surface area contributed by atoms with Crippen LogP contribution in [0.3, 0.4) is 0 Å². The molecule has 0 aliphatic heterocycles. The van der Waals surface area contributed by atoms with Crippen LogP contribution in [0.5, 0.6) is 0 Å². The normalized spacial score (nSPS) is 13.8. The largest absolute Gasteiger partial charge is 0.294 e. The van der Waals surface area contributed by atoms with Crippen molar-refractivity contribution in [1.29, 1.82) is 0 Å². The lowest BCUT2D eigenvalue weighted by Crippen LogP contribution is -2.04. The molecule has 23 heavy (non-hydrogen) atoms. The van der Waals surface area contributed by atoms with E-state index in [1.165, 1.54) is 0 Å². The van der Waals surface area contributed by atoms with E-state index < -0.39 is 0 Å². The van der Waals surface area contributed by atoms with Gasteiger partial charge in [-0.25, -0.2) is 4.98 Å². The minimum atomic E-state index is 0.195. The van der Waals surface area contributed by atoms with Crippen LogP contribution in [0.2, 0.25) is 0 Å². The maximum Gasteiger partial charge on any atom is 0.167 e. The van der Waals surface area contributed by atoms with Gasteiger partial charge in [-0.15, -0.1) is 0 Å². The van der Waals surface area contributed by atoms with Gasteiger partial charge in [-0.3, -0.25) is 4.79 Å². The Morgan fingerprint density at radius 3 is 2.70 bits per heavy atom. The summed E-state index contributed by atoms with van der Waals surface area (Å²) in [6.45, 7) is 0. The second kappa shape index (κ2) is 4.50. The van der Waals surface area contributed by atoms with Crippen LogP contribution in [-0.2, 0) is 0 Å². The number of pyridine rings is 1. The molecule has 0 N–H and O–H groups in total. The van der Waals surface area contributed by atoms with E-state index in [1.807, 2.05) is 42.5 Å². The van der Waals surface area contributed by atoms with E-state index in [0.717, 1.165) is 43.7 Å². The molecule has 1 heterocycles. The van der Waals surface area contributed by atoms with E-state index in [9.17, 15) is 4.79 Å². The molecule has 0 radical (unpaired) electrons. The molecule has 5 rings (SSSR count). The molecular weight excluding hydrogens is 282 g/mol. The van der Waals surface area contributed by atoms with Crippen LogP contribution >= 0.6 is 0 Å². The second-order valence-corrected chi connectivity index (χ2v) is 6.00. The van der Waals surface area contributed by atoms with Crippen molar-refractivity contribution in [3.8, 4) is 0 Å². The Hall–Kier alpha value is -3.00. The Labute approximate surface area is 133 Å². The summed E-state index contributed by atoms with van der Waals surface area (Å²) in [5.41, 5.74) is 3.83. The van der Waals surface area contributed by atoms with Crippen molar-refractivity contribution < 1.29 is 4.79 Å². The van der Waals surface area contributed by atoms with Crippen LogP contribution in [-0.4, -0.2) is 10.8 Å². The van der Waals surface area contributed by atoms with Crippen molar-refractivity contribution in [3.05, 3.63) is 71.8 Å². The van der Waals surface area contributed by atoms with Crippen LogP contribution in [0.15, 0.2) is 60.7 Å². The number of rotatable bonds is 0. The molecule has 0 bridgehead atoms. The first-order valence-corrected chi connectivity index (χ1v) is 7.76. The minimum absolute atomic E-state index is 0.195. The van der Waals surface area contributed by atoms with E-state index in [1.54, 1.807) is 0 Å². The zero-order valence-electron chi connectivity index (χ0n) is 12.4. The van der Waals surface area contributed by atoms with Gasteiger partial charge in [-0.2, -0.15) is 0 Å². The van der Waals surface area contributed by atoms with Crippen molar-refractivity contribution in [2.24, 2.45) is 0 Å². The van der Waals surface area contributed by atoms with Gasteiger partial charge in [0.25, 0.3) is 0 Å². The fraction of sp³-hybridized carbons (Fsp3) is 0.0476. The first-order chi connectivity index (χ1) is 11.3. The SMILES string of the molecule is O=C1CC=Cc2cc3c(ccc4nc5ccccc5cc43)cc21. The monoisotopic (exact) mass is 295 g/mol. The summed E-state index contributed by atoms with van der Waals surface area (Å²) >= 11 is 0. The number of fused-ring (bicyclic) bond motifs is 5. The van der Waals surface area contributed by atoms with Crippen LogP contribution in [0.4, 0.5) is 0 Å². The number of allylic oxidation sites excluding steroid dienone is 1. The Balaban J connectivity index is 1.93. The zero-order chi connectivity index (χ0) is 15.4. The summed E-state index contributed by atoms with van der Waals surface area (Å²) in [4.78, 5) is 16.9. The number of ketones is 1. The lowest BCUT2D eigenvalue weighted by molar-refractivity contribution is 0.0994. The van der Waals surface area contributed by atoms with Crippen molar-refractivity contribution >= 4 is 44.4 Å². The maximum absolute atomic E-state index is 12.1. The summed E-state index contributed by atoms with van der Waals surface area (Å²) in [5.74, 6) is 0.195. The highest BCUT2D eigenvalue weighted by atomic mass is 16.1. The van der Waals surface area contributed by atoms with E-state index in [4.69, 9.17) is 4.98 Å². The molecule has 3 aromatic carbocycles. The van der Waals surface area contributed by atoms with Gasteiger partial charge in [-0.05, 0) is 46.7 Å². The Morgan fingerprint density at radius 1 is 0.826 bits per heavy atom. The quantitative estimate of drug-likeness (QED) is 0.332. The molecule has 0 unspecified atom stereocenters. The molecule has 1 aliphatic carbocycles. The van der Waals surface area contributed by atoms with E-state index in [2.05, 4.69) is 24.3 Å². The second-order valence-electron chi connectivity index (χ2n) is 6.00. The summed E-state index contributed by atoms with van der Waals surface area (Å²) in [7, 11) is 0. The summed E-state index contributed by atoms with van der Waals surface area (Å²) in [6, 6.07) is 18.6. The number of hydrogen-bond acceptors (Lipinski definition) is 2. The number of benzene rings is 3. The number of para-hydroxylation sites is 1. The van der Waals surface area contributed by atoms with Gasteiger partial charge in [-0.1, -0.05) is 36.4 Å². The predicted molar refractivity (Wildman–Crippen MR) is 94.7 cm³/mol. The van der Waals surface area contributed by atoms with Gasteiger partial charge < -0.3 is 0 Å². The Kier molecular flexibility index (Phi) is 2.45. The van der Waals surface area contributed by atoms with Gasteiger partial charge in [0.1, 0.15) is 0 Å². The molecule has 1 aliphatic rings. The standard InChI is InChI=1S/C21H13NO/c23-21-7-3-5-13-10-16-14(11-17(13)21)8-9-20-18(16)12-15-4-1-2-6-19(15)22-20/h1-6,8-12H,7H2. The molecular formula is C21H13NO. The molecule has 0 saturated carbocycles. The molecule has 1 aromatic heterocycles. The lowest BCUT2D eigenvalue weighted by atomic mass is 9.91. The first kappa shape index (κ1) is 12.5. The van der Waals surface area contributed by atoms with Crippen molar-refractivity contribution in [3.63, 3.8) is 0 Å². The first-order valence-electron chi connectivity index (χ1n) is 7.76. The number of carbonyl (C=O) groups excluding carboxylic acids is 1. The number of Topliss-reactive ketones (excluding diaryl/α,β-unsaturated/α-hetero) is 1. The van der Waals surface area contributed by atoms with E-state index >= 15 is 0 Å². The van der Waals surface area contributed by atoms with Crippen LogP contribution < -0.4 is 0 Å². The molecule has 108 valence electrons. The maximum atomic E-state index is 12.1. The highest BCUT2D eigenvalue weighted by Crippen LogP contribution is 2.31. The predicted octanol–water partition coefficient (Wildman–Crippen LogP) is 5.14. The van der Waals surface area contributed by atoms with Crippen molar-refractivity contribution in [2.75, 3.05) is 0 Å². The van der Waals surface area contributed by atoms with Crippen molar-refractivity contribution in [2.45, 2.75) is 6.42 Å². The lowest BCUT2D eigenvalue weighted by Gasteiger charge is -2.12. The third-order valence-corrected chi connectivity index (χ3v) is 4.59. The van der Waals surface area contributed by atoms with Crippen LogP contribution in [0.1, 0.15) is 22.3 Å². The summed E-state index contributed by atoms with van der Waals surface area (Å²) in [6.07, 6.45) is 4.48. The molecule has 0 fully saturated rings. The molecule has 4 aromatic rings. The third-order valence-electron chi connectivity index (χ3n) is 4.59. The molecule has 0 spiro atoms. The van der Waals surface area contributed by atoms with Gasteiger partial charge in [0.15, 0.2) is 5.78 Å². The molecule has 0 atom stereocenters. The average molecular weight is 295 g/mol. The third kappa shape index (κ3) is 1.82. The van der Waals surface area contributed by atoms with E-state index in [-0.39, 0.29) is 5.78 Å². The van der Waals surface area contributed by atoms with Crippen molar-refractivity contribution in [1.82, 2.24) is 4.98 Å². The Morgan fingerprint density at radius 2 is 1.74 bits per heavy atom. The average Bonchev–Trinajstić information content (AvgIpc) is 2.59. The number of aromatic nitrogens is 1. The molecule has 2 nitrogen and oxygen atoms in total. The van der Waals surface area contributed by atoms with Gasteiger partial charge >= 0.3 is 0 Å². The van der Waals surface area contributed by atoms with E-state index in [0.29, 0.717) is 6.42 Å². The number of hydrogen-bond donors (Lipinski definition) is 0. The topological polar surface area (TPSA) is 30.0 Å². The Bertz CT molecular complexity index is 1150. The summed E-state index contributed by atoms with van der Waals surface area (Å²) < 4.78 is 0. The smallest absolute Gasteiger partial charge is 0.167 e. The number of nitrogens with zero attached hydrogens (tertiary/aromatic N) is 1.